The Kier molecular flexibility index (Phi) is 7.63. The fourth-order valence-electron chi connectivity index (χ4n) is 4.56. The van der Waals surface area contributed by atoms with Crippen LogP contribution in [-0.4, -0.2) is 42.6 Å². The average molecular weight is 604 g/mol. The van der Waals surface area contributed by atoms with Gasteiger partial charge in [-0.25, -0.2) is 4.99 Å². The molecule has 0 bridgehead atoms. The highest BCUT2D eigenvalue weighted by molar-refractivity contribution is 14.1. The first-order valence-electron chi connectivity index (χ1n) is 10.9. The maximum Gasteiger partial charge on any atom is 0.387 e. The molecule has 0 unspecified atom stereocenters. The topological polar surface area (TPSA) is 77.1 Å². The van der Waals surface area contributed by atoms with Crippen LogP contribution in [0.25, 0.3) is 0 Å². The third-order valence-corrected chi connectivity index (χ3v) is 7.33. The van der Waals surface area contributed by atoms with Gasteiger partial charge in [-0.15, -0.1) is 0 Å². The van der Waals surface area contributed by atoms with E-state index in [1.807, 2.05) is 53.8 Å². The van der Waals surface area contributed by atoms with Crippen molar-refractivity contribution in [3.63, 3.8) is 0 Å². The van der Waals surface area contributed by atoms with E-state index in [2.05, 4.69) is 0 Å². The summed E-state index contributed by atoms with van der Waals surface area (Å²) in [6.07, 6.45) is 1.84. The van der Waals surface area contributed by atoms with Crippen molar-refractivity contribution < 1.29 is 23.0 Å². The molecular weight excluding hydrogens is 579 g/mol. The van der Waals surface area contributed by atoms with Crippen LogP contribution in [0.2, 0.25) is 5.02 Å². The van der Waals surface area contributed by atoms with Crippen LogP contribution in [0, 0.1) is 3.57 Å². The van der Waals surface area contributed by atoms with E-state index in [-0.39, 0.29) is 36.5 Å². The van der Waals surface area contributed by atoms with Crippen molar-refractivity contribution in [1.29, 1.82) is 0 Å². The summed E-state index contributed by atoms with van der Waals surface area (Å²) in [7, 11) is 0. The van der Waals surface area contributed by atoms with Crippen molar-refractivity contribution in [2.24, 2.45) is 10.7 Å². The molecule has 10 heteroatoms. The average Bonchev–Trinajstić information content (AvgIpc) is 2.76. The molecule has 2 aromatic carbocycles. The lowest BCUT2D eigenvalue weighted by molar-refractivity contribution is -0.132. The number of nitrogens with zero attached hydrogens (tertiary/aromatic N) is 2. The zero-order chi connectivity index (χ0) is 24.5. The van der Waals surface area contributed by atoms with E-state index in [1.54, 1.807) is 17.0 Å². The Balaban J connectivity index is 1.65. The largest absolute Gasteiger partial charge is 0.434 e. The standard InChI is InChI=1S/C24H25ClF2IN3O3/c1-24(13-20(32)31(23(29)30-24)17-7-9-33-10-8-17)18-4-2-3-15(21(18)25)11-14-5-6-16(28)12-19(14)34-22(26)27/h2-6,12,17,22H,7-11,13H2,1H3,(H2,29,30)/t24-/m0/s1. The minimum absolute atomic E-state index is 0.0227. The second-order valence-corrected chi connectivity index (χ2v) is 10.2. The zero-order valence-electron chi connectivity index (χ0n) is 18.6. The molecule has 2 aliphatic rings. The summed E-state index contributed by atoms with van der Waals surface area (Å²) < 4.78 is 36.8. The lowest BCUT2D eigenvalue weighted by Gasteiger charge is -2.40. The smallest absolute Gasteiger partial charge is 0.387 e. The number of nitrogens with two attached hydrogens (primary N) is 1. The lowest BCUT2D eigenvalue weighted by atomic mass is 9.85. The highest BCUT2D eigenvalue weighted by atomic mass is 127. The van der Waals surface area contributed by atoms with Crippen LogP contribution in [0.15, 0.2) is 41.4 Å². The second-order valence-electron chi connectivity index (χ2n) is 8.61. The van der Waals surface area contributed by atoms with Gasteiger partial charge in [0, 0.05) is 34.3 Å². The number of ether oxygens (including phenoxy) is 2. The van der Waals surface area contributed by atoms with E-state index >= 15 is 0 Å². The van der Waals surface area contributed by atoms with Gasteiger partial charge in [-0.2, -0.15) is 8.78 Å². The molecule has 1 atom stereocenters. The van der Waals surface area contributed by atoms with Crippen LogP contribution in [0.3, 0.4) is 0 Å². The number of hydrogen-bond donors (Lipinski definition) is 1. The van der Waals surface area contributed by atoms with E-state index < -0.39 is 12.2 Å². The van der Waals surface area contributed by atoms with Crippen LogP contribution in [0.1, 0.15) is 42.9 Å². The molecule has 4 rings (SSSR count). The SMILES string of the molecule is C[C@@]1(c2cccc(Cc3ccc(I)cc3OC(F)F)c2Cl)CC(=O)N(C2CCOCC2)C(N)=N1. The number of halogens is 4. The number of benzene rings is 2. The van der Waals surface area contributed by atoms with Crippen molar-refractivity contribution in [3.8, 4) is 5.75 Å². The van der Waals surface area contributed by atoms with Crippen molar-refractivity contribution in [1.82, 2.24) is 4.90 Å². The van der Waals surface area contributed by atoms with Gasteiger partial charge >= 0.3 is 6.61 Å². The normalized spacial score (nSPS) is 21.6. The van der Waals surface area contributed by atoms with E-state index in [0.29, 0.717) is 47.8 Å². The van der Waals surface area contributed by atoms with Gasteiger partial charge in [0.15, 0.2) is 5.96 Å². The summed E-state index contributed by atoms with van der Waals surface area (Å²) >= 11 is 8.85. The third kappa shape index (κ3) is 5.31. The predicted molar refractivity (Wildman–Crippen MR) is 134 cm³/mol. The molecule has 2 aliphatic heterocycles. The highest BCUT2D eigenvalue weighted by Crippen LogP contribution is 2.40. The molecule has 6 nitrogen and oxygen atoms in total. The number of amides is 1. The summed E-state index contributed by atoms with van der Waals surface area (Å²) in [6.45, 7) is 0.0768. The quantitative estimate of drug-likeness (QED) is 0.468. The number of hydrogen-bond acceptors (Lipinski definition) is 5. The first kappa shape index (κ1) is 25.1. The predicted octanol–water partition coefficient (Wildman–Crippen LogP) is 5.08. The van der Waals surface area contributed by atoms with Gasteiger partial charge in [0.2, 0.25) is 5.91 Å². The first-order chi connectivity index (χ1) is 16.2. The Hall–Kier alpha value is -1.98. The monoisotopic (exact) mass is 603 g/mol. The second kappa shape index (κ2) is 10.3. The molecule has 0 aromatic heterocycles. The maximum absolute atomic E-state index is 13.2. The van der Waals surface area contributed by atoms with Crippen LogP contribution in [0.5, 0.6) is 5.75 Å². The molecule has 1 saturated heterocycles. The molecule has 182 valence electrons. The summed E-state index contributed by atoms with van der Waals surface area (Å²) in [6, 6.07) is 10.6. The van der Waals surface area contributed by atoms with Crippen molar-refractivity contribution in [2.45, 2.75) is 50.8 Å². The minimum Gasteiger partial charge on any atom is -0.434 e. The van der Waals surface area contributed by atoms with E-state index in [0.717, 1.165) is 3.57 Å². The van der Waals surface area contributed by atoms with Gasteiger partial charge in [-0.3, -0.25) is 9.69 Å². The summed E-state index contributed by atoms with van der Waals surface area (Å²) in [5.74, 6) is 0.183. The van der Waals surface area contributed by atoms with Gasteiger partial charge in [-0.05, 0) is 71.2 Å². The van der Waals surface area contributed by atoms with Crippen molar-refractivity contribution in [3.05, 3.63) is 61.7 Å². The number of aliphatic imine (C=N–C) groups is 1. The van der Waals surface area contributed by atoms with E-state index in [9.17, 15) is 13.6 Å². The Labute approximate surface area is 215 Å². The van der Waals surface area contributed by atoms with Gasteiger partial charge in [0.1, 0.15) is 5.75 Å². The molecule has 2 aromatic rings. The van der Waals surface area contributed by atoms with Crippen LogP contribution < -0.4 is 10.5 Å². The zero-order valence-corrected chi connectivity index (χ0v) is 21.5. The van der Waals surface area contributed by atoms with Gasteiger partial charge in [0.05, 0.1) is 12.0 Å². The summed E-state index contributed by atoms with van der Waals surface area (Å²) in [5.41, 5.74) is 7.31. The molecule has 0 aliphatic carbocycles. The molecule has 1 fully saturated rings. The Morgan fingerprint density at radius 1 is 1.29 bits per heavy atom. The van der Waals surface area contributed by atoms with E-state index in [4.69, 9.17) is 31.8 Å². The third-order valence-electron chi connectivity index (χ3n) is 6.21. The number of carbonyl (C=O) groups is 1. The van der Waals surface area contributed by atoms with Crippen LogP contribution in [-0.2, 0) is 21.5 Å². The Bertz CT molecular complexity index is 1110. The van der Waals surface area contributed by atoms with Gasteiger partial charge < -0.3 is 15.2 Å². The van der Waals surface area contributed by atoms with Crippen molar-refractivity contribution >= 4 is 46.1 Å². The van der Waals surface area contributed by atoms with Crippen LogP contribution in [0.4, 0.5) is 8.78 Å². The number of carbonyl (C=O) groups excluding carboxylic acids is 1. The van der Waals surface area contributed by atoms with Gasteiger partial charge in [0.25, 0.3) is 0 Å². The fourth-order valence-corrected chi connectivity index (χ4v) is 5.42. The molecular formula is C24H25ClF2IN3O3. The highest BCUT2D eigenvalue weighted by Gasteiger charge is 2.41. The number of rotatable bonds is 6. The molecule has 0 spiro atoms. The lowest BCUT2D eigenvalue weighted by Crippen LogP contribution is -2.55. The minimum atomic E-state index is -2.93. The molecule has 1 amide bonds. The first-order valence-corrected chi connectivity index (χ1v) is 12.4. The maximum atomic E-state index is 13.2. The molecule has 0 saturated carbocycles. The molecule has 2 N–H and O–H groups in total. The van der Waals surface area contributed by atoms with Crippen LogP contribution >= 0.6 is 34.2 Å². The molecule has 2 heterocycles. The fraction of sp³-hybridized carbons (Fsp3) is 0.417. The van der Waals surface area contributed by atoms with E-state index in [1.165, 1.54) is 0 Å². The Morgan fingerprint density at radius 3 is 2.71 bits per heavy atom. The number of alkyl halides is 2. The summed E-state index contributed by atoms with van der Waals surface area (Å²) in [5, 5.41) is 0.426. The summed E-state index contributed by atoms with van der Waals surface area (Å²) in [4.78, 5) is 19.5. The molecule has 0 radical (unpaired) electrons. The molecule has 34 heavy (non-hydrogen) atoms. The van der Waals surface area contributed by atoms with Gasteiger partial charge in [-0.1, -0.05) is 35.9 Å². The Morgan fingerprint density at radius 2 is 2.03 bits per heavy atom. The van der Waals surface area contributed by atoms with Crippen molar-refractivity contribution in [2.75, 3.05) is 13.2 Å². The number of guanidine groups is 1.